The number of hydrogen-bond acceptors (Lipinski definition) is 6. The van der Waals surface area contributed by atoms with E-state index in [-0.39, 0.29) is 24.1 Å². The number of nitrogens with zero attached hydrogens (tertiary/aromatic N) is 1. The molecule has 0 radical (unpaired) electrons. The standard InChI is InChI=1S/C21H29ClN2O5.ClH/c1-14(2)12-17(23)19(26)28-13-29-20(27)24(3)21(11-7-6-10-18(21)25)15-8-4-5-9-16(15)22;/h4-5,8-9,14,17H,6-7,10-13,23H2,1-3H3;1H/t17-,21-;/m0./s1. The molecule has 0 spiro atoms. The predicted molar refractivity (Wildman–Crippen MR) is 116 cm³/mol. The molecule has 1 aliphatic rings. The maximum absolute atomic E-state index is 13.0. The number of halogens is 2. The number of likely N-dealkylation sites (N-methyl/N-ethyl adjacent to an activating group) is 1. The van der Waals surface area contributed by atoms with Crippen molar-refractivity contribution in [3.05, 3.63) is 34.9 Å². The molecule has 0 aromatic heterocycles. The molecular formula is C21H30Cl2N2O5. The summed E-state index contributed by atoms with van der Waals surface area (Å²) in [6, 6.07) is 6.21. The first-order chi connectivity index (χ1) is 13.7. The fourth-order valence-corrected chi connectivity index (χ4v) is 4.02. The number of carbonyl (C=O) groups is 3. The molecule has 30 heavy (non-hydrogen) atoms. The average molecular weight is 461 g/mol. The molecular weight excluding hydrogens is 431 g/mol. The molecule has 0 heterocycles. The molecule has 1 amide bonds. The molecule has 2 rings (SSSR count). The highest BCUT2D eigenvalue weighted by Gasteiger charge is 2.48. The summed E-state index contributed by atoms with van der Waals surface area (Å²) in [5.74, 6) is -0.491. The summed E-state index contributed by atoms with van der Waals surface area (Å²) in [4.78, 5) is 38.8. The van der Waals surface area contributed by atoms with Crippen molar-refractivity contribution in [1.29, 1.82) is 0 Å². The number of ether oxygens (including phenoxy) is 2. The Balaban J connectivity index is 0.00000450. The summed E-state index contributed by atoms with van der Waals surface area (Å²) < 4.78 is 10.1. The summed E-state index contributed by atoms with van der Waals surface area (Å²) in [6.07, 6.45) is 2.02. The lowest BCUT2D eigenvalue weighted by molar-refractivity contribution is -0.155. The Kier molecular flexibility index (Phi) is 10.1. The summed E-state index contributed by atoms with van der Waals surface area (Å²) >= 11 is 6.37. The number of amides is 1. The first-order valence-electron chi connectivity index (χ1n) is 9.81. The van der Waals surface area contributed by atoms with Crippen molar-refractivity contribution in [2.45, 2.75) is 57.5 Å². The van der Waals surface area contributed by atoms with Crippen molar-refractivity contribution >= 4 is 41.9 Å². The topological polar surface area (TPSA) is 98.9 Å². The van der Waals surface area contributed by atoms with Crippen LogP contribution in [0.3, 0.4) is 0 Å². The summed E-state index contributed by atoms with van der Waals surface area (Å²) in [5.41, 5.74) is 5.13. The Morgan fingerprint density at radius 2 is 1.90 bits per heavy atom. The predicted octanol–water partition coefficient (Wildman–Crippen LogP) is 4.04. The normalized spacial score (nSPS) is 19.6. The quantitative estimate of drug-likeness (QED) is 0.486. The van der Waals surface area contributed by atoms with E-state index < -0.39 is 30.4 Å². The van der Waals surface area contributed by atoms with Crippen LogP contribution in [0.2, 0.25) is 5.02 Å². The fourth-order valence-electron chi connectivity index (χ4n) is 3.73. The third-order valence-electron chi connectivity index (χ3n) is 5.23. The molecule has 1 saturated carbocycles. The summed E-state index contributed by atoms with van der Waals surface area (Å²) in [6.45, 7) is 3.32. The van der Waals surface area contributed by atoms with Gasteiger partial charge in [-0.05, 0) is 37.7 Å². The fraction of sp³-hybridized carbons (Fsp3) is 0.571. The van der Waals surface area contributed by atoms with E-state index in [1.807, 2.05) is 13.8 Å². The number of carbonyl (C=O) groups excluding carboxylic acids is 3. The minimum Gasteiger partial charge on any atom is -0.427 e. The van der Waals surface area contributed by atoms with Crippen LogP contribution >= 0.6 is 24.0 Å². The van der Waals surface area contributed by atoms with Crippen molar-refractivity contribution in [3.63, 3.8) is 0 Å². The van der Waals surface area contributed by atoms with Gasteiger partial charge in [-0.25, -0.2) is 4.79 Å². The molecule has 2 atom stereocenters. The van der Waals surface area contributed by atoms with Crippen LogP contribution in [0.4, 0.5) is 4.79 Å². The number of benzene rings is 1. The minimum absolute atomic E-state index is 0. The van der Waals surface area contributed by atoms with Gasteiger partial charge in [-0.2, -0.15) is 0 Å². The van der Waals surface area contributed by atoms with Crippen molar-refractivity contribution in [2.24, 2.45) is 11.7 Å². The van der Waals surface area contributed by atoms with Gasteiger partial charge in [0.15, 0.2) is 5.78 Å². The van der Waals surface area contributed by atoms with Gasteiger partial charge in [0, 0.05) is 24.1 Å². The molecule has 168 valence electrons. The number of ketones is 1. The number of Topliss-reactive ketones (excluding diaryl/α,β-unsaturated/α-hetero) is 1. The highest BCUT2D eigenvalue weighted by Crippen LogP contribution is 2.42. The smallest absolute Gasteiger partial charge is 0.413 e. The number of rotatable bonds is 7. The van der Waals surface area contributed by atoms with Gasteiger partial charge in [-0.15, -0.1) is 12.4 Å². The van der Waals surface area contributed by atoms with Gasteiger partial charge >= 0.3 is 12.1 Å². The van der Waals surface area contributed by atoms with E-state index in [0.29, 0.717) is 29.8 Å². The van der Waals surface area contributed by atoms with Gasteiger partial charge in [-0.3, -0.25) is 14.5 Å². The van der Waals surface area contributed by atoms with Gasteiger partial charge in [-0.1, -0.05) is 43.6 Å². The molecule has 1 aliphatic carbocycles. The number of nitrogens with two attached hydrogens (primary N) is 1. The van der Waals surface area contributed by atoms with E-state index in [1.54, 1.807) is 24.3 Å². The molecule has 0 bridgehead atoms. The lowest BCUT2D eigenvalue weighted by Crippen LogP contribution is -2.54. The molecule has 0 saturated heterocycles. The zero-order chi connectivity index (χ0) is 21.6. The Morgan fingerprint density at radius 1 is 1.23 bits per heavy atom. The molecule has 2 N–H and O–H groups in total. The van der Waals surface area contributed by atoms with E-state index in [4.69, 9.17) is 26.8 Å². The van der Waals surface area contributed by atoms with E-state index in [1.165, 1.54) is 11.9 Å². The Hall–Kier alpha value is -1.83. The molecule has 1 aromatic carbocycles. The van der Waals surface area contributed by atoms with Crippen molar-refractivity contribution in [3.8, 4) is 0 Å². The van der Waals surface area contributed by atoms with E-state index in [2.05, 4.69) is 0 Å². The lowest BCUT2D eigenvalue weighted by Gasteiger charge is -2.43. The first kappa shape index (κ1) is 26.2. The largest absolute Gasteiger partial charge is 0.427 e. The number of hydrogen-bond donors (Lipinski definition) is 1. The lowest BCUT2D eigenvalue weighted by atomic mass is 9.74. The third kappa shape index (κ3) is 5.86. The maximum atomic E-state index is 13.0. The zero-order valence-corrected chi connectivity index (χ0v) is 19.1. The monoisotopic (exact) mass is 460 g/mol. The summed E-state index contributed by atoms with van der Waals surface area (Å²) in [7, 11) is 1.50. The molecule has 1 aromatic rings. The van der Waals surface area contributed by atoms with E-state index in [0.717, 1.165) is 12.8 Å². The van der Waals surface area contributed by atoms with Crippen LogP contribution < -0.4 is 5.73 Å². The van der Waals surface area contributed by atoms with Crippen LogP contribution in [0.25, 0.3) is 0 Å². The van der Waals surface area contributed by atoms with Crippen molar-refractivity contribution in [2.75, 3.05) is 13.8 Å². The third-order valence-corrected chi connectivity index (χ3v) is 5.56. The van der Waals surface area contributed by atoms with Crippen LogP contribution in [-0.2, 0) is 24.6 Å². The van der Waals surface area contributed by atoms with Gasteiger partial charge in [0.2, 0.25) is 6.79 Å². The van der Waals surface area contributed by atoms with Crippen LogP contribution in [0.5, 0.6) is 0 Å². The Morgan fingerprint density at radius 3 is 2.50 bits per heavy atom. The Bertz CT molecular complexity index is 759. The van der Waals surface area contributed by atoms with Gasteiger partial charge in [0.25, 0.3) is 0 Å². The highest BCUT2D eigenvalue weighted by molar-refractivity contribution is 6.31. The van der Waals surface area contributed by atoms with Gasteiger partial charge in [0.1, 0.15) is 11.6 Å². The zero-order valence-electron chi connectivity index (χ0n) is 17.6. The maximum Gasteiger partial charge on any atom is 0.413 e. The van der Waals surface area contributed by atoms with Gasteiger partial charge < -0.3 is 15.2 Å². The second-order valence-corrected chi connectivity index (χ2v) is 8.16. The first-order valence-corrected chi connectivity index (χ1v) is 10.2. The average Bonchev–Trinajstić information content (AvgIpc) is 2.67. The van der Waals surface area contributed by atoms with Crippen LogP contribution in [0.15, 0.2) is 24.3 Å². The molecule has 9 heteroatoms. The van der Waals surface area contributed by atoms with E-state index in [9.17, 15) is 14.4 Å². The van der Waals surface area contributed by atoms with Crippen molar-refractivity contribution in [1.82, 2.24) is 4.90 Å². The van der Waals surface area contributed by atoms with Gasteiger partial charge in [0.05, 0.1) is 0 Å². The highest BCUT2D eigenvalue weighted by atomic mass is 35.5. The SMILES string of the molecule is CC(C)C[C@H](N)C(=O)OCOC(=O)N(C)[C@]1(c2ccccc2Cl)CCCCC1=O.Cl. The van der Waals surface area contributed by atoms with E-state index >= 15 is 0 Å². The van der Waals surface area contributed by atoms with Crippen LogP contribution in [0, 0.1) is 5.92 Å². The second-order valence-electron chi connectivity index (χ2n) is 7.76. The molecule has 7 nitrogen and oxygen atoms in total. The molecule has 0 aliphatic heterocycles. The second kappa shape index (κ2) is 11.5. The summed E-state index contributed by atoms with van der Waals surface area (Å²) in [5, 5.41) is 0.411. The Labute approximate surface area is 188 Å². The number of esters is 1. The molecule has 1 fully saturated rings. The van der Waals surface area contributed by atoms with Crippen LogP contribution in [0.1, 0.15) is 51.5 Å². The van der Waals surface area contributed by atoms with Crippen LogP contribution in [-0.4, -0.2) is 42.6 Å². The molecule has 0 unspecified atom stereocenters. The minimum atomic E-state index is -1.20. The van der Waals surface area contributed by atoms with Crippen molar-refractivity contribution < 1.29 is 23.9 Å².